The van der Waals surface area contributed by atoms with E-state index in [1.807, 2.05) is 49.4 Å². The number of carbonyl (C=O) groups excluding carboxylic acids is 1. The van der Waals surface area contributed by atoms with Crippen LogP contribution in [0.25, 0.3) is 6.08 Å². The largest absolute Gasteiger partial charge is 0.497 e. The zero-order chi connectivity index (χ0) is 28.1. The average molecular weight is 770 g/mol. The molecule has 0 saturated heterocycles. The molecule has 0 saturated carbocycles. The number of ether oxygens (including phenoxy) is 3. The number of benzene rings is 2. The maximum Gasteiger partial charge on any atom is 0.338 e. The zero-order valence-corrected chi connectivity index (χ0v) is 27.0. The van der Waals surface area contributed by atoms with Gasteiger partial charge in [-0.25, -0.2) is 9.79 Å². The summed E-state index contributed by atoms with van der Waals surface area (Å²) >= 11 is 5.78. The minimum atomic E-state index is -0.686. The third-order valence-corrected chi connectivity index (χ3v) is 8.55. The lowest BCUT2D eigenvalue weighted by atomic mass is 9.94. The van der Waals surface area contributed by atoms with E-state index in [0.717, 1.165) is 30.4 Å². The standard InChI is InChI=1S/C29H28I2N2O5S/c1-5-9-22-24(28(35)37-7-3)25(18-10-8-11-19(16-18)36-4)33-27(34)23(39-29(33)32-22)15-17-13-20(30)26(21(31)14-17)38-12-6-2/h6,8,10-11,13-16,25H,2,5,7,9,12H2,1,3-4H3/b23-15-. The summed E-state index contributed by atoms with van der Waals surface area (Å²) in [7, 11) is 1.59. The fourth-order valence-corrected chi connectivity index (χ4v) is 7.49. The van der Waals surface area contributed by atoms with Gasteiger partial charge in [-0.05, 0) is 100.0 Å². The molecule has 1 unspecified atom stereocenters. The number of methoxy groups -OCH3 is 1. The average Bonchev–Trinajstić information content (AvgIpc) is 3.22. The summed E-state index contributed by atoms with van der Waals surface area (Å²) in [5, 5.41) is 0. The zero-order valence-electron chi connectivity index (χ0n) is 21.8. The van der Waals surface area contributed by atoms with Gasteiger partial charge in [-0.3, -0.25) is 9.36 Å². The first kappa shape index (κ1) is 29.5. The fourth-order valence-electron chi connectivity index (χ4n) is 4.34. The molecule has 3 aromatic rings. The number of fused-ring (bicyclic) bond motifs is 1. The lowest BCUT2D eigenvalue weighted by Gasteiger charge is -2.26. The van der Waals surface area contributed by atoms with Crippen molar-refractivity contribution in [1.29, 1.82) is 0 Å². The lowest BCUT2D eigenvalue weighted by Crippen LogP contribution is -2.40. The number of esters is 1. The highest BCUT2D eigenvalue weighted by molar-refractivity contribution is 14.1. The first-order valence-electron chi connectivity index (χ1n) is 12.4. The highest BCUT2D eigenvalue weighted by Crippen LogP contribution is 2.34. The van der Waals surface area contributed by atoms with Gasteiger partial charge >= 0.3 is 5.97 Å². The Balaban J connectivity index is 1.94. The summed E-state index contributed by atoms with van der Waals surface area (Å²) in [5.41, 5.74) is 2.43. The monoisotopic (exact) mass is 770 g/mol. The molecule has 39 heavy (non-hydrogen) atoms. The van der Waals surface area contributed by atoms with E-state index in [0.29, 0.717) is 39.4 Å². The molecule has 4 rings (SSSR count). The number of rotatable bonds is 10. The molecular formula is C29H28I2N2O5S. The molecule has 0 aliphatic carbocycles. The summed E-state index contributed by atoms with van der Waals surface area (Å²) in [5.74, 6) is 0.955. The van der Waals surface area contributed by atoms with Crippen LogP contribution in [-0.4, -0.2) is 30.9 Å². The maximum absolute atomic E-state index is 14.0. The Hall–Kier alpha value is -2.45. The van der Waals surface area contributed by atoms with Crippen molar-refractivity contribution in [2.45, 2.75) is 32.7 Å². The molecule has 0 amide bonds. The van der Waals surface area contributed by atoms with Crippen molar-refractivity contribution in [1.82, 2.24) is 4.57 Å². The van der Waals surface area contributed by atoms with Crippen LogP contribution in [0.1, 0.15) is 43.9 Å². The van der Waals surface area contributed by atoms with Crippen LogP contribution in [0.4, 0.5) is 0 Å². The molecule has 1 aliphatic rings. The smallest absolute Gasteiger partial charge is 0.338 e. The van der Waals surface area contributed by atoms with Crippen LogP contribution >= 0.6 is 56.5 Å². The molecule has 0 spiro atoms. The van der Waals surface area contributed by atoms with Crippen LogP contribution in [0.15, 0.2) is 70.1 Å². The second kappa shape index (κ2) is 13.3. The van der Waals surface area contributed by atoms with Crippen LogP contribution in [0.5, 0.6) is 11.5 Å². The topological polar surface area (TPSA) is 79.1 Å². The molecule has 2 aromatic carbocycles. The van der Waals surface area contributed by atoms with Gasteiger partial charge in [0.2, 0.25) is 0 Å². The van der Waals surface area contributed by atoms with Crippen molar-refractivity contribution < 1.29 is 19.0 Å². The summed E-state index contributed by atoms with van der Waals surface area (Å²) in [6.45, 7) is 8.15. The lowest BCUT2D eigenvalue weighted by molar-refractivity contribution is -0.139. The highest BCUT2D eigenvalue weighted by Gasteiger charge is 2.34. The third kappa shape index (κ3) is 6.32. The van der Waals surface area contributed by atoms with Crippen LogP contribution in [-0.2, 0) is 9.53 Å². The van der Waals surface area contributed by atoms with Gasteiger partial charge in [0.1, 0.15) is 18.1 Å². The highest BCUT2D eigenvalue weighted by atomic mass is 127. The van der Waals surface area contributed by atoms with Gasteiger partial charge in [0.15, 0.2) is 4.80 Å². The van der Waals surface area contributed by atoms with Crippen molar-refractivity contribution in [2.24, 2.45) is 4.99 Å². The summed E-state index contributed by atoms with van der Waals surface area (Å²) in [4.78, 5) is 32.6. The molecule has 0 radical (unpaired) electrons. The molecule has 204 valence electrons. The van der Waals surface area contributed by atoms with Crippen LogP contribution in [0.2, 0.25) is 0 Å². The normalized spacial score (nSPS) is 15.0. The predicted molar refractivity (Wildman–Crippen MR) is 170 cm³/mol. The quantitative estimate of drug-likeness (QED) is 0.158. The molecule has 1 aromatic heterocycles. The number of carbonyl (C=O) groups is 1. The van der Waals surface area contributed by atoms with Gasteiger partial charge in [0.25, 0.3) is 5.56 Å². The van der Waals surface area contributed by atoms with E-state index in [2.05, 4.69) is 51.8 Å². The summed E-state index contributed by atoms with van der Waals surface area (Å²) < 4.78 is 20.7. The molecular weight excluding hydrogens is 742 g/mol. The van der Waals surface area contributed by atoms with Crippen molar-refractivity contribution in [3.63, 3.8) is 0 Å². The Morgan fingerprint density at radius 1 is 1.21 bits per heavy atom. The first-order valence-corrected chi connectivity index (χ1v) is 15.4. The summed E-state index contributed by atoms with van der Waals surface area (Å²) in [6, 6.07) is 10.7. The van der Waals surface area contributed by atoms with E-state index >= 15 is 0 Å². The minimum Gasteiger partial charge on any atom is -0.497 e. The van der Waals surface area contributed by atoms with Crippen molar-refractivity contribution in [2.75, 3.05) is 20.3 Å². The number of hydrogen-bond donors (Lipinski definition) is 0. The molecule has 0 N–H and O–H groups in total. The van der Waals surface area contributed by atoms with Gasteiger partial charge in [-0.15, -0.1) is 0 Å². The molecule has 7 nitrogen and oxygen atoms in total. The molecule has 1 aliphatic heterocycles. The SMILES string of the molecule is C=CCOc1c(I)cc(/C=c2\sc3n(c2=O)C(c2cccc(OC)c2)C(C(=O)OCC)=C(CCC)N=3)cc1I. The fraction of sp³-hybridized carbons (Fsp3) is 0.276. The molecule has 10 heteroatoms. The third-order valence-electron chi connectivity index (χ3n) is 5.97. The maximum atomic E-state index is 14.0. The molecule has 0 bridgehead atoms. The number of thiazole rings is 1. The van der Waals surface area contributed by atoms with E-state index in [1.165, 1.54) is 11.3 Å². The number of allylic oxidation sites excluding steroid dienone is 1. The Bertz CT molecular complexity index is 1600. The Morgan fingerprint density at radius 2 is 1.95 bits per heavy atom. The minimum absolute atomic E-state index is 0.221. The Morgan fingerprint density at radius 3 is 2.59 bits per heavy atom. The number of hydrogen-bond acceptors (Lipinski definition) is 7. The molecule has 1 atom stereocenters. The predicted octanol–water partition coefficient (Wildman–Crippen LogP) is 5.36. The van der Waals surface area contributed by atoms with Gasteiger partial charge < -0.3 is 14.2 Å². The van der Waals surface area contributed by atoms with E-state index in [4.69, 9.17) is 19.2 Å². The summed E-state index contributed by atoms with van der Waals surface area (Å²) in [6.07, 6.45) is 4.94. The first-order chi connectivity index (χ1) is 18.8. The second-order valence-electron chi connectivity index (χ2n) is 8.60. The van der Waals surface area contributed by atoms with E-state index < -0.39 is 12.0 Å². The molecule has 2 heterocycles. The van der Waals surface area contributed by atoms with Crippen molar-refractivity contribution in [3.05, 3.63) is 98.3 Å². The Labute approximate surface area is 258 Å². The van der Waals surface area contributed by atoms with Crippen LogP contribution in [0.3, 0.4) is 0 Å². The van der Waals surface area contributed by atoms with Crippen LogP contribution < -0.4 is 24.4 Å². The second-order valence-corrected chi connectivity index (χ2v) is 11.9. The number of aromatic nitrogens is 1. The van der Waals surface area contributed by atoms with Gasteiger partial charge in [-0.1, -0.05) is 49.5 Å². The number of nitrogens with zero attached hydrogens (tertiary/aromatic N) is 2. The van der Waals surface area contributed by atoms with Crippen LogP contribution in [0, 0.1) is 7.14 Å². The van der Waals surface area contributed by atoms with Gasteiger partial charge in [-0.2, -0.15) is 0 Å². The van der Waals surface area contributed by atoms with Crippen molar-refractivity contribution in [3.8, 4) is 11.5 Å². The van der Waals surface area contributed by atoms with E-state index in [1.54, 1.807) is 24.7 Å². The molecule has 0 fully saturated rings. The van der Waals surface area contributed by atoms with E-state index in [-0.39, 0.29) is 12.2 Å². The number of halogens is 2. The Kier molecular flexibility index (Phi) is 10.0. The van der Waals surface area contributed by atoms with Gasteiger partial charge in [0.05, 0.1) is 42.7 Å². The van der Waals surface area contributed by atoms with Gasteiger partial charge in [0, 0.05) is 0 Å². The van der Waals surface area contributed by atoms with E-state index in [9.17, 15) is 9.59 Å². The van der Waals surface area contributed by atoms with Crippen molar-refractivity contribution >= 4 is 68.6 Å².